The van der Waals surface area contributed by atoms with Gasteiger partial charge in [-0.15, -0.1) is 0 Å². The van der Waals surface area contributed by atoms with E-state index in [4.69, 9.17) is 4.74 Å². The van der Waals surface area contributed by atoms with Gasteiger partial charge in [-0.1, -0.05) is 24.3 Å². The molecule has 4 nitrogen and oxygen atoms in total. The first-order chi connectivity index (χ1) is 10.1. The lowest BCUT2D eigenvalue weighted by molar-refractivity contribution is 0.167. The third-order valence-corrected chi connectivity index (χ3v) is 3.41. The number of aryl methyl sites for hydroxylation is 1. The molecule has 0 aliphatic rings. The van der Waals surface area contributed by atoms with E-state index in [1.54, 1.807) is 6.92 Å². The minimum absolute atomic E-state index is 0.324. The molecule has 3 aromatic rings. The molecule has 0 radical (unpaired) electrons. The second-order valence-corrected chi connectivity index (χ2v) is 5.15. The first-order valence-electron chi connectivity index (χ1n) is 6.98. The Labute approximate surface area is 123 Å². The Kier molecular flexibility index (Phi) is 3.62. The summed E-state index contributed by atoms with van der Waals surface area (Å²) in [6.45, 7) is 4.06. The van der Waals surface area contributed by atoms with E-state index in [0.29, 0.717) is 12.6 Å². The third-order valence-electron chi connectivity index (χ3n) is 3.41. The fourth-order valence-corrected chi connectivity index (χ4v) is 2.39. The monoisotopic (exact) mass is 282 g/mol. The second-order valence-electron chi connectivity index (χ2n) is 5.15. The Morgan fingerprint density at radius 2 is 2.00 bits per heavy atom. The summed E-state index contributed by atoms with van der Waals surface area (Å²) < 4.78 is 7.75. The predicted octanol–water partition coefficient (Wildman–Crippen LogP) is 3.43. The van der Waals surface area contributed by atoms with Crippen molar-refractivity contribution in [1.29, 1.82) is 0 Å². The van der Waals surface area contributed by atoms with Crippen LogP contribution in [0.3, 0.4) is 0 Å². The van der Waals surface area contributed by atoms with Crippen molar-refractivity contribution >= 4 is 11.0 Å². The Hall–Kier alpha value is -2.33. The zero-order valence-corrected chi connectivity index (χ0v) is 12.2. The summed E-state index contributed by atoms with van der Waals surface area (Å²) in [5.74, 6) is 1.42. The molecule has 0 bridgehead atoms. The molecule has 2 aromatic carbocycles. The van der Waals surface area contributed by atoms with Gasteiger partial charge in [-0.05, 0) is 43.7 Å². The van der Waals surface area contributed by atoms with Crippen LogP contribution in [0.25, 0.3) is 11.0 Å². The molecule has 0 aliphatic carbocycles. The van der Waals surface area contributed by atoms with Gasteiger partial charge in [-0.3, -0.25) is 4.57 Å². The molecule has 0 amide bonds. The standard InChI is InChI=1S/C17H18N2O2/c1-12-6-5-7-14(10-12)21-11-19-16-9-4-3-8-15(16)18-17(19)13(2)20/h3-10,13,20H,11H2,1-2H3. The van der Waals surface area contributed by atoms with Crippen molar-refractivity contribution in [3.8, 4) is 5.75 Å². The number of hydrogen-bond acceptors (Lipinski definition) is 3. The Morgan fingerprint density at radius 3 is 2.76 bits per heavy atom. The number of aliphatic hydroxyl groups is 1. The van der Waals surface area contributed by atoms with Gasteiger partial charge in [0.25, 0.3) is 0 Å². The fraction of sp³-hybridized carbons (Fsp3) is 0.235. The van der Waals surface area contributed by atoms with Gasteiger partial charge in [0.1, 0.15) is 17.7 Å². The molecule has 0 saturated heterocycles. The molecule has 108 valence electrons. The summed E-state index contributed by atoms with van der Waals surface area (Å²) in [5, 5.41) is 9.91. The minimum Gasteiger partial charge on any atom is -0.473 e. The van der Waals surface area contributed by atoms with Crippen LogP contribution in [0.5, 0.6) is 5.75 Å². The highest BCUT2D eigenvalue weighted by molar-refractivity contribution is 5.75. The maximum atomic E-state index is 9.91. The van der Waals surface area contributed by atoms with Crippen LogP contribution < -0.4 is 4.74 Å². The maximum Gasteiger partial charge on any atom is 0.166 e. The zero-order chi connectivity index (χ0) is 14.8. The van der Waals surface area contributed by atoms with Crippen molar-refractivity contribution < 1.29 is 9.84 Å². The van der Waals surface area contributed by atoms with E-state index < -0.39 is 6.10 Å². The van der Waals surface area contributed by atoms with Crippen molar-refractivity contribution in [3.05, 3.63) is 59.9 Å². The number of nitrogens with zero attached hydrogens (tertiary/aromatic N) is 2. The van der Waals surface area contributed by atoms with Gasteiger partial charge < -0.3 is 9.84 Å². The highest BCUT2D eigenvalue weighted by Gasteiger charge is 2.14. The third kappa shape index (κ3) is 2.76. The van der Waals surface area contributed by atoms with Crippen LogP contribution in [-0.2, 0) is 6.73 Å². The topological polar surface area (TPSA) is 47.3 Å². The van der Waals surface area contributed by atoms with Crippen LogP contribution >= 0.6 is 0 Å². The van der Waals surface area contributed by atoms with Crippen molar-refractivity contribution in [1.82, 2.24) is 9.55 Å². The fourth-order valence-electron chi connectivity index (χ4n) is 2.39. The van der Waals surface area contributed by atoms with Crippen LogP contribution in [0.2, 0.25) is 0 Å². The molecule has 1 aromatic heterocycles. The van der Waals surface area contributed by atoms with Gasteiger partial charge in [-0.2, -0.15) is 0 Å². The smallest absolute Gasteiger partial charge is 0.166 e. The summed E-state index contributed by atoms with van der Waals surface area (Å²) in [5.41, 5.74) is 2.97. The Balaban J connectivity index is 1.93. The number of ether oxygens (including phenoxy) is 1. The number of aliphatic hydroxyl groups excluding tert-OH is 1. The van der Waals surface area contributed by atoms with Crippen molar-refractivity contribution in [3.63, 3.8) is 0 Å². The quantitative estimate of drug-likeness (QED) is 0.797. The van der Waals surface area contributed by atoms with E-state index in [2.05, 4.69) is 4.98 Å². The van der Waals surface area contributed by atoms with E-state index in [1.165, 1.54) is 0 Å². The number of fused-ring (bicyclic) bond motifs is 1. The predicted molar refractivity (Wildman–Crippen MR) is 82.2 cm³/mol. The summed E-state index contributed by atoms with van der Waals surface area (Å²) in [4.78, 5) is 4.47. The van der Waals surface area contributed by atoms with Gasteiger partial charge in [0, 0.05) is 0 Å². The lowest BCUT2D eigenvalue weighted by Crippen LogP contribution is -2.11. The first-order valence-corrected chi connectivity index (χ1v) is 6.98. The number of hydrogen-bond donors (Lipinski definition) is 1. The van der Waals surface area contributed by atoms with Crippen molar-refractivity contribution in [2.45, 2.75) is 26.7 Å². The summed E-state index contributed by atoms with van der Waals surface area (Å²) in [7, 11) is 0. The van der Waals surface area contributed by atoms with E-state index >= 15 is 0 Å². The van der Waals surface area contributed by atoms with E-state index in [-0.39, 0.29) is 0 Å². The number of para-hydroxylation sites is 2. The molecular weight excluding hydrogens is 264 g/mol. The maximum absolute atomic E-state index is 9.91. The van der Waals surface area contributed by atoms with Crippen molar-refractivity contribution in [2.24, 2.45) is 0 Å². The zero-order valence-electron chi connectivity index (χ0n) is 12.2. The van der Waals surface area contributed by atoms with Crippen LogP contribution in [0.4, 0.5) is 0 Å². The van der Waals surface area contributed by atoms with Gasteiger partial charge in [-0.25, -0.2) is 4.98 Å². The molecule has 0 saturated carbocycles. The number of aromatic nitrogens is 2. The van der Waals surface area contributed by atoms with Crippen LogP contribution in [-0.4, -0.2) is 14.7 Å². The lowest BCUT2D eigenvalue weighted by Gasteiger charge is -2.12. The SMILES string of the molecule is Cc1cccc(OCn2c(C(C)O)nc3ccccc32)c1. The van der Waals surface area contributed by atoms with Gasteiger partial charge in [0.15, 0.2) is 6.73 Å². The van der Waals surface area contributed by atoms with Gasteiger partial charge in [0.05, 0.1) is 11.0 Å². The average Bonchev–Trinajstić information content (AvgIpc) is 2.84. The molecule has 3 rings (SSSR count). The molecule has 1 N–H and O–H groups in total. The largest absolute Gasteiger partial charge is 0.473 e. The molecule has 0 aliphatic heterocycles. The van der Waals surface area contributed by atoms with Gasteiger partial charge >= 0.3 is 0 Å². The molecule has 4 heteroatoms. The Morgan fingerprint density at radius 1 is 1.19 bits per heavy atom. The van der Waals surface area contributed by atoms with E-state index in [0.717, 1.165) is 22.3 Å². The normalized spacial score (nSPS) is 12.5. The summed E-state index contributed by atoms with van der Waals surface area (Å²) in [6, 6.07) is 15.7. The second kappa shape index (κ2) is 5.58. The number of rotatable bonds is 4. The molecule has 0 fully saturated rings. The molecular formula is C17H18N2O2. The number of imidazole rings is 1. The number of benzene rings is 2. The molecule has 1 atom stereocenters. The minimum atomic E-state index is -0.640. The first kappa shape index (κ1) is 13.6. The lowest BCUT2D eigenvalue weighted by atomic mass is 10.2. The van der Waals surface area contributed by atoms with Crippen LogP contribution in [0, 0.1) is 6.92 Å². The Bertz CT molecular complexity index is 762. The van der Waals surface area contributed by atoms with Crippen LogP contribution in [0.15, 0.2) is 48.5 Å². The molecule has 0 spiro atoms. The van der Waals surface area contributed by atoms with Gasteiger partial charge in [0.2, 0.25) is 0 Å². The highest BCUT2D eigenvalue weighted by atomic mass is 16.5. The van der Waals surface area contributed by atoms with E-state index in [9.17, 15) is 5.11 Å². The molecule has 1 unspecified atom stereocenters. The van der Waals surface area contributed by atoms with Crippen molar-refractivity contribution in [2.75, 3.05) is 0 Å². The van der Waals surface area contributed by atoms with E-state index in [1.807, 2.05) is 60.0 Å². The van der Waals surface area contributed by atoms with Crippen LogP contribution in [0.1, 0.15) is 24.4 Å². The summed E-state index contributed by atoms with van der Waals surface area (Å²) in [6.07, 6.45) is -0.640. The molecule has 21 heavy (non-hydrogen) atoms. The highest BCUT2D eigenvalue weighted by Crippen LogP contribution is 2.21. The average molecular weight is 282 g/mol. The summed E-state index contributed by atoms with van der Waals surface area (Å²) >= 11 is 0. The molecule has 1 heterocycles.